The Labute approximate surface area is 134 Å². The van der Waals surface area contributed by atoms with Crippen LogP contribution < -0.4 is 4.46 Å². The van der Waals surface area contributed by atoms with Crippen LogP contribution in [0.5, 0.6) is 0 Å². The summed E-state index contributed by atoms with van der Waals surface area (Å²) < 4.78 is 2.78. The molecule has 4 fully saturated rings. The van der Waals surface area contributed by atoms with E-state index in [0.29, 0.717) is 19.9 Å². The molecule has 4 saturated carbocycles. The Balaban J connectivity index is 1.54. The summed E-state index contributed by atoms with van der Waals surface area (Å²) in [7, 11) is 0. The van der Waals surface area contributed by atoms with E-state index in [2.05, 4.69) is 30.3 Å². The van der Waals surface area contributed by atoms with Gasteiger partial charge in [-0.3, -0.25) is 0 Å². The molecule has 0 N–H and O–H groups in total. The van der Waals surface area contributed by atoms with Crippen molar-refractivity contribution in [1.29, 1.82) is 0 Å². The molecule has 4 aliphatic carbocycles. The predicted octanol–water partition coefficient (Wildman–Crippen LogP) is 4.46. The molecular formula is C17H20ClPSe. The molecule has 0 atom stereocenters. The third-order valence-corrected chi connectivity index (χ3v) is 11.3. The summed E-state index contributed by atoms with van der Waals surface area (Å²) in [5.74, 6) is 2.98. The molecule has 1 aromatic rings. The molecule has 5 rings (SSSR count). The minimum absolute atomic E-state index is 0.425. The summed E-state index contributed by atoms with van der Waals surface area (Å²) in [6, 6.07) is 10.9. The second kappa shape index (κ2) is 5.44. The van der Waals surface area contributed by atoms with Crippen molar-refractivity contribution in [2.24, 2.45) is 23.2 Å². The van der Waals surface area contributed by atoms with Gasteiger partial charge in [-0.05, 0) is 0 Å². The number of halogens is 1. The Hall–Kier alpha value is 0.199. The van der Waals surface area contributed by atoms with Gasteiger partial charge in [0.25, 0.3) is 0 Å². The second-order valence-electron chi connectivity index (χ2n) is 6.98. The molecule has 20 heavy (non-hydrogen) atoms. The van der Waals surface area contributed by atoms with Crippen molar-refractivity contribution in [3.63, 3.8) is 0 Å². The third kappa shape index (κ3) is 2.52. The van der Waals surface area contributed by atoms with E-state index in [4.69, 9.17) is 11.6 Å². The van der Waals surface area contributed by atoms with E-state index in [1.54, 1.807) is 0 Å². The van der Waals surface area contributed by atoms with Crippen LogP contribution >= 0.6 is 18.5 Å². The average Bonchev–Trinajstić information content (AvgIpc) is 2.44. The van der Waals surface area contributed by atoms with E-state index >= 15 is 0 Å². The van der Waals surface area contributed by atoms with E-state index in [1.807, 2.05) is 0 Å². The van der Waals surface area contributed by atoms with Crippen LogP contribution in [0, 0.1) is 23.2 Å². The Morgan fingerprint density at radius 1 is 1.00 bits per heavy atom. The number of benzene rings is 1. The van der Waals surface area contributed by atoms with Gasteiger partial charge in [0.1, 0.15) is 0 Å². The predicted molar refractivity (Wildman–Crippen MR) is 90.2 cm³/mol. The molecule has 4 aliphatic rings. The zero-order valence-electron chi connectivity index (χ0n) is 11.6. The summed E-state index contributed by atoms with van der Waals surface area (Å²) in [6.45, 7) is 1.42. The van der Waals surface area contributed by atoms with Crippen LogP contribution in [-0.2, 0) is 0 Å². The van der Waals surface area contributed by atoms with Crippen molar-refractivity contribution in [1.82, 2.24) is 0 Å². The van der Waals surface area contributed by atoms with Gasteiger partial charge in [-0.2, -0.15) is 0 Å². The summed E-state index contributed by atoms with van der Waals surface area (Å²) in [4.78, 5) is 0. The molecule has 0 aliphatic heterocycles. The maximum absolute atomic E-state index is 6.87. The SMILES string of the molecule is ClC(=P[Se]c1ccccc1)C12CC3CC(CC(C3)C1)C2. The van der Waals surface area contributed by atoms with Gasteiger partial charge in [-0.1, -0.05) is 0 Å². The van der Waals surface area contributed by atoms with Crippen molar-refractivity contribution in [2.45, 2.75) is 38.5 Å². The van der Waals surface area contributed by atoms with Gasteiger partial charge in [0.15, 0.2) is 0 Å². The Kier molecular flexibility index (Phi) is 3.76. The molecule has 0 nitrogen and oxygen atoms in total. The first kappa shape index (κ1) is 13.8. The van der Waals surface area contributed by atoms with Crippen molar-refractivity contribution < 1.29 is 0 Å². The van der Waals surface area contributed by atoms with Gasteiger partial charge in [0.2, 0.25) is 0 Å². The molecule has 0 amide bonds. The van der Waals surface area contributed by atoms with Crippen LogP contribution in [0.2, 0.25) is 0 Å². The summed E-state index contributed by atoms with van der Waals surface area (Å²) in [5.41, 5.74) is 0.425. The normalized spacial score (nSPS) is 39.2. The zero-order valence-corrected chi connectivity index (χ0v) is 15.0. The first-order valence-electron chi connectivity index (χ1n) is 7.69. The molecular weight excluding hydrogens is 350 g/mol. The molecule has 1 aromatic carbocycles. The standard InChI is InChI=1S/C17H20ClPSe/c18-16(19-20-15-4-2-1-3-5-15)17-9-12-6-13(10-17)8-14(7-12)11-17/h1-5,12-14H,6-11H2. The molecule has 0 spiro atoms. The van der Waals surface area contributed by atoms with Crippen molar-refractivity contribution in [2.75, 3.05) is 0 Å². The Morgan fingerprint density at radius 2 is 1.55 bits per heavy atom. The van der Waals surface area contributed by atoms with Crippen molar-refractivity contribution >= 4 is 42.2 Å². The minimum atomic E-state index is 0.425. The summed E-state index contributed by atoms with van der Waals surface area (Å²) in [6.07, 6.45) is 8.71. The van der Waals surface area contributed by atoms with E-state index in [9.17, 15) is 0 Å². The van der Waals surface area contributed by atoms with Crippen LogP contribution in [0.4, 0.5) is 0 Å². The second-order valence-corrected chi connectivity index (χ2v) is 11.7. The first-order chi connectivity index (χ1) is 9.73. The van der Waals surface area contributed by atoms with Crippen LogP contribution in [0.1, 0.15) is 38.5 Å². The fourth-order valence-corrected chi connectivity index (χ4v) is 10.1. The Bertz CT molecular complexity index is 490. The Morgan fingerprint density at radius 3 is 2.10 bits per heavy atom. The van der Waals surface area contributed by atoms with Gasteiger partial charge in [0.05, 0.1) is 0 Å². The van der Waals surface area contributed by atoms with Crippen molar-refractivity contribution in [3.8, 4) is 0 Å². The van der Waals surface area contributed by atoms with Gasteiger partial charge in [-0.25, -0.2) is 0 Å². The van der Waals surface area contributed by atoms with Crippen LogP contribution in [0.25, 0.3) is 0 Å². The van der Waals surface area contributed by atoms with Gasteiger partial charge in [0, 0.05) is 0 Å². The number of hydrogen-bond donors (Lipinski definition) is 0. The molecule has 3 heteroatoms. The fourth-order valence-electron chi connectivity index (χ4n) is 5.03. The van der Waals surface area contributed by atoms with E-state index in [0.717, 1.165) is 17.8 Å². The molecule has 0 heterocycles. The molecule has 0 aromatic heterocycles. The van der Waals surface area contributed by atoms with Crippen LogP contribution in [-0.4, -0.2) is 19.3 Å². The number of rotatable bonds is 3. The molecule has 0 radical (unpaired) electrons. The van der Waals surface area contributed by atoms with Crippen LogP contribution in [0.3, 0.4) is 0 Å². The number of hydrogen-bond acceptors (Lipinski definition) is 0. The monoisotopic (exact) mass is 370 g/mol. The zero-order chi connectivity index (χ0) is 13.6. The van der Waals surface area contributed by atoms with Crippen LogP contribution in [0.15, 0.2) is 30.3 Å². The quantitative estimate of drug-likeness (QED) is 0.545. The topological polar surface area (TPSA) is 0 Å². The molecule has 0 saturated heterocycles. The first-order valence-corrected chi connectivity index (χ1v) is 12.0. The van der Waals surface area contributed by atoms with Crippen molar-refractivity contribution in [3.05, 3.63) is 30.3 Å². The van der Waals surface area contributed by atoms with E-state index in [1.165, 1.54) is 54.6 Å². The van der Waals surface area contributed by atoms with Gasteiger partial charge >= 0.3 is 134 Å². The van der Waals surface area contributed by atoms with E-state index in [-0.39, 0.29) is 0 Å². The van der Waals surface area contributed by atoms with E-state index < -0.39 is 0 Å². The average molecular weight is 370 g/mol. The fraction of sp³-hybridized carbons (Fsp3) is 0.588. The maximum atomic E-state index is 6.87. The van der Waals surface area contributed by atoms with Gasteiger partial charge in [-0.15, -0.1) is 0 Å². The molecule has 106 valence electrons. The molecule has 4 bridgehead atoms. The molecule has 0 unspecified atom stereocenters. The third-order valence-electron chi connectivity index (χ3n) is 5.45. The summed E-state index contributed by atoms with van der Waals surface area (Å²) in [5, 5.41) is 0. The summed E-state index contributed by atoms with van der Waals surface area (Å²) >= 11 is 7.36. The van der Waals surface area contributed by atoms with Gasteiger partial charge < -0.3 is 0 Å².